The molecule has 1 heterocycles. The second-order valence-electron chi connectivity index (χ2n) is 4.83. The van der Waals surface area contributed by atoms with Crippen molar-refractivity contribution in [1.29, 1.82) is 0 Å². The van der Waals surface area contributed by atoms with E-state index in [0.717, 1.165) is 12.8 Å². The monoisotopic (exact) mass is 257 g/mol. The second kappa shape index (κ2) is 6.73. The summed E-state index contributed by atoms with van der Waals surface area (Å²) in [7, 11) is 0. The summed E-state index contributed by atoms with van der Waals surface area (Å²) in [6, 6.07) is -0.0493. The molecule has 1 rings (SSSR count). The standard InChI is InChI=1S/C13H23NO4/c1-4-9(3)14(8-12(15)16)13(17)10-6-7-18-11(10)5-2/h9-11H,4-8H2,1-3H3,(H,15,16). The number of carboxylic acids is 1. The minimum absolute atomic E-state index is 0.0493. The number of ether oxygens (including phenoxy) is 1. The molecule has 0 aliphatic carbocycles. The smallest absolute Gasteiger partial charge is 0.323 e. The lowest BCUT2D eigenvalue weighted by Crippen LogP contribution is -2.46. The zero-order chi connectivity index (χ0) is 13.7. The average Bonchev–Trinajstić information content (AvgIpc) is 2.82. The van der Waals surface area contributed by atoms with Gasteiger partial charge in [0.2, 0.25) is 5.91 Å². The zero-order valence-electron chi connectivity index (χ0n) is 11.4. The van der Waals surface area contributed by atoms with Crippen molar-refractivity contribution < 1.29 is 19.4 Å². The molecule has 3 atom stereocenters. The van der Waals surface area contributed by atoms with Gasteiger partial charge in [-0.1, -0.05) is 13.8 Å². The van der Waals surface area contributed by atoms with Crippen LogP contribution in [0.1, 0.15) is 40.0 Å². The van der Waals surface area contributed by atoms with Crippen LogP contribution >= 0.6 is 0 Å². The molecular formula is C13H23NO4. The number of rotatable bonds is 6. The van der Waals surface area contributed by atoms with Crippen molar-refractivity contribution in [1.82, 2.24) is 4.90 Å². The quantitative estimate of drug-likeness (QED) is 0.783. The average molecular weight is 257 g/mol. The summed E-state index contributed by atoms with van der Waals surface area (Å²) in [6.45, 7) is 6.20. The fourth-order valence-corrected chi connectivity index (χ4v) is 2.36. The van der Waals surface area contributed by atoms with Crippen molar-refractivity contribution >= 4 is 11.9 Å². The molecule has 5 heteroatoms. The highest BCUT2D eigenvalue weighted by Crippen LogP contribution is 2.26. The highest BCUT2D eigenvalue weighted by Gasteiger charge is 2.37. The van der Waals surface area contributed by atoms with E-state index in [4.69, 9.17) is 9.84 Å². The van der Waals surface area contributed by atoms with Gasteiger partial charge in [0, 0.05) is 12.6 Å². The van der Waals surface area contributed by atoms with Crippen molar-refractivity contribution in [2.24, 2.45) is 5.92 Å². The first kappa shape index (κ1) is 15.0. The summed E-state index contributed by atoms with van der Waals surface area (Å²) in [5.41, 5.74) is 0. The number of carboxylic acid groups (broad SMARTS) is 1. The largest absolute Gasteiger partial charge is 0.480 e. The number of hydrogen-bond acceptors (Lipinski definition) is 3. The Morgan fingerprint density at radius 3 is 2.61 bits per heavy atom. The first-order chi connectivity index (χ1) is 8.51. The van der Waals surface area contributed by atoms with Gasteiger partial charge in [-0.3, -0.25) is 9.59 Å². The van der Waals surface area contributed by atoms with Crippen LogP contribution in [0, 0.1) is 5.92 Å². The SMILES string of the molecule is CCC1OCCC1C(=O)N(CC(=O)O)C(C)CC. The fourth-order valence-electron chi connectivity index (χ4n) is 2.36. The molecule has 18 heavy (non-hydrogen) atoms. The molecular weight excluding hydrogens is 234 g/mol. The second-order valence-corrected chi connectivity index (χ2v) is 4.83. The van der Waals surface area contributed by atoms with E-state index in [1.807, 2.05) is 20.8 Å². The molecule has 0 bridgehead atoms. The Hall–Kier alpha value is -1.10. The van der Waals surface area contributed by atoms with Crippen LogP contribution in [0.3, 0.4) is 0 Å². The van der Waals surface area contributed by atoms with Crippen LogP contribution in [0.2, 0.25) is 0 Å². The molecule has 0 aromatic rings. The summed E-state index contributed by atoms with van der Waals surface area (Å²) in [6.07, 6.45) is 2.18. The maximum atomic E-state index is 12.4. The molecule has 0 radical (unpaired) electrons. The Morgan fingerprint density at radius 1 is 1.44 bits per heavy atom. The molecule has 1 fully saturated rings. The van der Waals surface area contributed by atoms with Gasteiger partial charge in [0.25, 0.3) is 0 Å². The van der Waals surface area contributed by atoms with Gasteiger partial charge in [-0.25, -0.2) is 0 Å². The van der Waals surface area contributed by atoms with Gasteiger partial charge in [0.05, 0.1) is 12.0 Å². The summed E-state index contributed by atoms with van der Waals surface area (Å²) in [5, 5.41) is 8.92. The zero-order valence-corrected chi connectivity index (χ0v) is 11.4. The molecule has 104 valence electrons. The summed E-state index contributed by atoms with van der Waals surface area (Å²) < 4.78 is 5.51. The number of aliphatic carboxylic acids is 1. The van der Waals surface area contributed by atoms with Gasteiger partial charge in [-0.05, 0) is 26.2 Å². The third kappa shape index (κ3) is 3.45. The number of amides is 1. The van der Waals surface area contributed by atoms with Gasteiger partial charge >= 0.3 is 5.97 Å². The molecule has 3 unspecified atom stereocenters. The van der Waals surface area contributed by atoms with E-state index in [0.29, 0.717) is 13.0 Å². The molecule has 1 saturated heterocycles. The van der Waals surface area contributed by atoms with Gasteiger partial charge in [-0.15, -0.1) is 0 Å². The maximum absolute atomic E-state index is 12.4. The Balaban J connectivity index is 2.77. The van der Waals surface area contributed by atoms with Crippen molar-refractivity contribution in [3.05, 3.63) is 0 Å². The summed E-state index contributed by atoms with van der Waals surface area (Å²) >= 11 is 0. The molecule has 0 aromatic carbocycles. The van der Waals surface area contributed by atoms with Crippen LogP contribution in [0.15, 0.2) is 0 Å². The van der Waals surface area contributed by atoms with Crippen LogP contribution in [-0.2, 0) is 14.3 Å². The molecule has 0 spiro atoms. The predicted molar refractivity (Wildman–Crippen MR) is 67.2 cm³/mol. The third-order valence-corrected chi connectivity index (χ3v) is 3.64. The number of hydrogen-bond donors (Lipinski definition) is 1. The molecule has 0 saturated carbocycles. The van der Waals surface area contributed by atoms with E-state index >= 15 is 0 Å². The van der Waals surface area contributed by atoms with Crippen LogP contribution in [0.5, 0.6) is 0 Å². The Morgan fingerprint density at radius 2 is 2.11 bits per heavy atom. The Labute approximate surface area is 108 Å². The van der Waals surface area contributed by atoms with E-state index in [1.54, 1.807) is 0 Å². The van der Waals surface area contributed by atoms with Crippen molar-refractivity contribution in [3.63, 3.8) is 0 Å². The highest BCUT2D eigenvalue weighted by atomic mass is 16.5. The van der Waals surface area contributed by atoms with Crippen molar-refractivity contribution in [2.75, 3.05) is 13.2 Å². The van der Waals surface area contributed by atoms with Crippen LogP contribution in [0.25, 0.3) is 0 Å². The van der Waals surface area contributed by atoms with Crippen LogP contribution < -0.4 is 0 Å². The lowest BCUT2D eigenvalue weighted by atomic mass is 9.97. The number of nitrogens with zero attached hydrogens (tertiary/aromatic N) is 1. The van der Waals surface area contributed by atoms with E-state index in [1.165, 1.54) is 4.90 Å². The van der Waals surface area contributed by atoms with E-state index in [-0.39, 0.29) is 30.5 Å². The van der Waals surface area contributed by atoms with Gasteiger partial charge in [0.1, 0.15) is 6.54 Å². The topological polar surface area (TPSA) is 66.8 Å². The maximum Gasteiger partial charge on any atom is 0.323 e. The lowest BCUT2D eigenvalue weighted by Gasteiger charge is -2.30. The number of carbonyl (C=O) groups excluding carboxylic acids is 1. The highest BCUT2D eigenvalue weighted by molar-refractivity contribution is 5.84. The molecule has 0 aromatic heterocycles. The van der Waals surface area contributed by atoms with Gasteiger partial charge in [-0.2, -0.15) is 0 Å². The Bertz CT molecular complexity index is 305. The van der Waals surface area contributed by atoms with E-state index in [9.17, 15) is 9.59 Å². The molecule has 1 aliphatic rings. The van der Waals surface area contributed by atoms with Gasteiger partial charge < -0.3 is 14.7 Å². The predicted octanol–water partition coefficient (Wildman–Crippen LogP) is 1.51. The molecule has 1 amide bonds. The minimum Gasteiger partial charge on any atom is -0.480 e. The Kier molecular flexibility index (Phi) is 5.59. The summed E-state index contributed by atoms with van der Waals surface area (Å²) in [5.74, 6) is -1.21. The third-order valence-electron chi connectivity index (χ3n) is 3.64. The van der Waals surface area contributed by atoms with Crippen molar-refractivity contribution in [2.45, 2.75) is 52.2 Å². The van der Waals surface area contributed by atoms with Crippen LogP contribution in [-0.4, -0.2) is 47.2 Å². The van der Waals surface area contributed by atoms with Gasteiger partial charge in [0.15, 0.2) is 0 Å². The summed E-state index contributed by atoms with van der Waals surface area (Å²) in [4.78, 5) is 24.8. The normalized spacial score (nSPS) is 24.8. The molecule has 1 N–H and O–H groups in total. The van der Waals surface area contributed by atoms with Crippen LogP contribution in [0.4, 0.5) is 0 Å². The fraction of sp³-hybridized carbons (Fsp3) is 0.846. The van der Waals surface area contributed by atoms with Crippen molar-refractivity contribution in [3.8, 4) is 0 Å². The van der Waals surface area contributed by atoms with E-state index < -0.39 is 5.97 Å². The molecule has 5 nitrogen and oxygen atoms in total. The first-order valence-corrected chi connectivity index (χ1v) is 6.65. The molecule has 1 aliphatic heterocycles. The number of carbonyl (C=O) groups is 2. The van der Waals surface area contributed by atoms with E-state index in [2.05, 4.69) is 0 Å². The first-order valence-electron chi connectivity index (χ1n) is 6.65. The lowest BCUT2D eigenvalue weighted by molar-refractivity contribution is -0.149. The minimum atomic E-state index is -0.962.